The van der Waals surface area contributed by atoms with Crippen molar-refractivity contribution >= 4 is 23.8 Å². The lowest BCUT2D eigenvalue weighted by atomic mass is 10.1. The number of amides is 2. The normalized spacial score (nSPS) is 10.2. The maximum Gasteiger partial charge on any atom is 0.303 e. The molecule has 1 rings (SSSR count). The Hall–Kier alpha value is -2.90. The molecule has 0 unspecified atom stereocenters. The average molecular weight is 364 g/mol. The summed E-state index contributed by atoms with van der Waals surface area (Å²) in [6, 6.07) is 7.36. The smallest absolute Gasteiger partial charge is 0.303 e. The van der Waals surface area contributed by atoms with E-state index in [4.69, 9.17) is 10.2 Å². The average Bonchev–Trinajstić information content (AvgIpc) is 2.58. The van der Waals surface area contributed by atoms with Crippen LogP contribution >= 0.6 is 0 Å². The number of carbonyl (C=O) groups is 4. The van der Waals surface area contributed by atoms with Crippen molar-refractivity contribution in [1.82, 2.24) is 10.6 Å². The minimum absolute atomic E-state index is 0.0327. The number of carbonyl (C=O) groups excluding carboxylic acids is 2. The Balaban J connectivity index is 2.33. The lowest BCUT2D eigenvalue weighted by molar-refractivity contribution is -0.138. The van der Waals surface area contributed by atoms with Crippen LogP contribution in [-0.2, 0) is 32.3 Å². The Bertz CT molecular complexity index is 593. The summed E-state index contributed by atoms with van der Waals surface area (Å²) < 4.78 is 0. The van der Waals surface area contributed by atoms with Gasteiger partial charge in [0.25, 0.3) is 0 Å². The summed E-state index contributed by atoms with van der Waals surface area (Å²) in [5.74, 6) is -2.25. The Kier molecular flexibility index (Phi) is 9.45. The zero-order chi connectivity index (χ0) is 19.4. The molecule has 0 aliphatic rings. The molecular weight excluding hydrogens is 340 g/mol. The Morgan fingerprint density at radius 1 is 0.731 bits per heavy atom. The molecule has 8 nitrogen and oxygen atoms in total. The third-order valence-electron chi connectivity index (χ3n) is 3.56. The Morgan fingerprint density at radius 2 is 1.15 bits per heavy atom. The van der Waals surface area contributed by atoms with E-state index in [1.54, 1.807) is 0 Å². The van der Waals surface area contributed by atoms with E-state index < -0.39 is 11.9 Å². The standard InChI is InChI=1S/C18H24N2O6/c21-15(6-2-8-17(23)24)19-11-13-4-1-5-14(10-13)12-20-16(22)7-3-9-18(25)26/h1,4-5,10H,2-3,6-9,11-12H2,(H,19,21)(H,20,22)(H,23,24)(H,25,26). The van der Waals surface area contributed by atoms with Gasteiger partial charge in [-0.1, -0.05) is 24.3 Å². The monoisotopic (exact) mass is 364 g/mol. The molecule has 0 radical (unpaired) electrons. The van der Waals surface area contributed by atoms with Gasteiger partial charge < -0.3 is 20.8 Å². The van der Waals surface area contributed by atoms with E-state index in [-0.39, 0.29) is 37.5 Å². The van der Waals surface area contributed by atoms with Crippen molar-refractivity contribution < 1.29 is 29.4 Å². The number of benzene rings is 1. The zero-order valence-electron chi connectivity index (χ0n) is 14.5. The Labute approximate surface area is 151 Å². The van der Waals surface area contributed by atoms with Crippen LogP contribution < -0.4 is 10.6 Å². The van der Waals surface area contributed by atoms with Crippen LogP contribution in [0.2, 0.25) is 0 Å². The van der Waals surface area contributed by atoms with Gasteiger partial charge in [0.2, 0.25) is 11.8 Å². The fourth-order valence-corrected chi connectivity index (χ4v) is 2.23. The number of hydrogen-bond donors (Lipinski definition) is 4. The first kappa shape index (κ1) is 21.1. The molecule has 4 N–H and O–H groups in total. The minimum atomic E-state index is -0.921. The number of carboxylic acids is 2. The van der Waals surface area contributed by atoms with Crippen LogP contribution in [0.4, 0.5) is 0 Å². The first-order valence-corrected chi connectivity index (χ1v) is 8.41. The van der Waals surface area contributed by atoms with E-state index in [1.165, 1.54) is 0 Å². The predicted molar refractivity (Wildman–Crippen MR) is 93.1 cm³/mol. The van der Waals surface area contributed by atoms with E-state index in [0.717, 1.165) is 11.1 Å². The summed E-state index contributed by atoms with van der Waals surface area (Å²) in [5.41, 5.74) is 1.74. The van der Waals surface area contributed by atoms with Gasteiger partial charge >= 0.3 is 11.9 Å². The molecule has 1 aromatic rings. The highest BCUT2D eigenvalue weighted by atomic mass is 16.4. The molecule has 142 valence electrons. The van der Waals surface area contributed by atoms with Gasteiger partial charge in [-0.2, -0.15) is 0 Å². The maximum atomic E-state index is 11.6. The molecule has 8 heteroatoms. The van der Waals surface area contributed by atoms with Gasteiger partial charge in [-0.15, -0.1) is 0 Å². The summed E-state index contributed by atoms with van der Waals surface area (Å²) >= 11 is 0. The van der Waals surface area contributed by atoms with Crippen molar-refractivity contribution in [3.05, 3.63) is 35.4 Å². The molecule has 0 heterocycles. The summed E-state index contributed by atoms with van der Waals surface area (Å²) in [5, 5.41) is 22.5. The lowest BCUT2D eigenvalue weighted by Crippen LogP contribution is -2.24. The van der Waals surface area contributed by atoms with Gasteiger partial charge in [0.15, 0.2) is 0 Å². The SMILES string of the molecule is O=C(O)CCCC(=O)NCc1cccc(CNC(=O)CCCC(=O)O)c1. The quantitative estimate of drug-likeness (QED) is 0.443. The number of rotatable bonds is 12. The molecule has 1 aromatic carbocycles. The number of nitrogens with one attached hydrogen (secondary N) is 2. The van der Waals surface area contributed by atoms with Crippen LogP contribution in [0.5, 0.6) is 0 Å². The number of hydrogen-bond acceptors (Lipinski definition) is 4. The van der Waals surface area contributed by atoms with Crippen molar-refractivity contribution in [3.8, 4) is 0 Å². The van der Waals surface area contributed by atoms with Gasteiger partial charge in [-0.3, -0.25) is 19.2 Å². The highest BCUT2D eigenvalue weighted by Gasteiger charge is 2.06. The van der Waals surface area contributed by atoms with E-state index in [1.807, 2.05) is 24.3 Å². The first-order valence-electron chi connectivity index (χ1n) is 8.41. The van der Waals surface area contributed by atoms with Gasteiger partial charge in [0.05, 0.1) is 0 Å². The molecule has 0 aromatic heterocycles. The lowest BCUT2D eigenvalue weighted by Gasteiger charge is -2.08. The second-order valence-corrected chi connectivity index (χ2v) is 5.87. The molecule has 2 amide bonds. The van der Waals surface area contributed by atoms with Gasteiger partial charge in [0.1, 0.15) is 0 Å². The minimum Gasteiger partial charge on any atom is -0.481 e. The van der Waals surface area contributed by atoms with Crippen LogP contribution in [-0.4, -0.2) is 34.0 Å². The summed E-state index contributed by atoms with van der Waals surface area (Å²) in [6.07, 6.45) is 0.866. The molecule has 0 aliphatic carbocycles. The predicted octanol–water partition coefficient (Wildman–Crippen LogP) is 1.43. The van der Waals surface area contributed by atoms with Crippen LogP contribution in [0.15, 0.2) is 24.3 Å². The number of aliphatic carboxylic acids is 2. The van der Waals surface area contributed by atoms with Crippen LogP contribution in [0.3, 0.4) is 0 Å². The molecule has 0 spiro atoms. The van der Waals surface area contributed by atoms with E-state index in [0.29, 0.717) is 25.9 Å². The van der Waals surface area contributed by atoms with Gasteiger partial charge in [-0.05, 0) is 24.0 Å². The van der Waals surface area contributed by atoms with E-state index >= 15 is 0 Å². The van der Waals surface area contributed by atoms with E-state index in [2.05, 4.69) is 10.6 Å². The van der Waals surface area contributed by atoms with Crippen molar-refractivity contribution in [2.45, 2.75) is 51.6 Å². The molecule has 0 fully saturated rings. The topological polar surface area (TPSA) is 133 Å². The Morgan fingerprint density at radius 3 is 1.54 bits per heavy atom. The second-order valence-electron chi connectivity index (χ2n) is 5.87. The van der Waals surface area contributed by atoms with Crippen LogP contribution in [0.1, 0.15) is 49.7 Å². The third-order valence-corrected chi connectivity index (χ3v) is 3.56. The highest BCUT2D eigenvalue weighted by Crippen LogP contribution is 2.06. The number of carboxylic acid groups (broad SMARTS) is 2. The highest BCUT2D eigenvalue weighted by molar-refractivity contribution is 5.77. The van der Waals surface area contributed by atoms with Crippen LogP contribution in [0, 0.1) is 0 Å². The summed E-state index contributed by atoms with van der Waals surface area (Å²) in [7, 11) is 0. The van der Waals surface area contributed by atoms with Gasteiger partial charge in [-0.25, -0.2) is 0 Å². The van der Waals surface area contributed by atoms with Crippen molar-refractivity contribution in [2.75, 3.05) is 0 Å². The molecule has 0 saturated heterocycles. The second kappa shape index (κ2) is 11.6. The fourth-order valence-electron chi connectivity index (χ4n) is 2.23. The van der Waals surface area contributed by atoms with E-state index in [9.17, 15) is 19.2 Å². The molecule has 0 bridgehead atoms. The molecule has 0 saturated carbocycles. The van der Waals surface area contributed by atoms with Crippen LogP contribution in [0.25, 0.3) is 0 Å². The summed E-state index contributed by atoms with van der Waals surface area (Å²) in [6.45, 7) is 0.651. The molecule has 26 heavy (non-hydrogen) atoms. The maximum absolute atomic E-state index is 11.6. The largest absolute Gasteiger partial charge is 0.481 e. The van der Waals surface area contributed by atoms with Crippen molar-refractivity contribution in [3.63, 3.8) is 0 Å². The van der Waals surface area contributed by atoms with Crippen molar-refractivity contribution in [2.24, 2.45) is 0 Å². The van der Waals surface area contributed by atoms with Gasteiger partial charge in [0, 0.05) is 38.8 Å². The third kappa shape index (κ3) is 10.1. The summed E-state index contributed by atoms with van der Waals surface area (Å²) in [4.78, 5) is 44.1. The van der Waals surface area contributed by atoms with Crippen molar-refractivity contribution in [1.29, 1.82) is 0 Å². The molecule has 0 atom stereocenters. The molecular formula is C18H24N2O6. The zero-order valence-corrected chi connectivity index (χ0v) is 14.5. The first-order chi connectivity index (χ1) is 12.4. The fraction of sp³-hybridized carbons (Fsp3) is 0.444. The molecule has 0 aliphatic heterocycles.